The molecule has 2 aliphatic heterocycles. The number of amides is 2. The first-order valence-corrected chi connectivity index (χ1v) is 12.7. The maximum Gasteiger partial charge on any atom is 0.329 e. The number of fused-ring (bicyclic) bond motifs is 3. The molecule has 0 aromatic carbocycles. The number of nitrogens with zero attached hydrogens (tertiary/aromatic N) is 2. The van der Waals surface area contributed by atoms with Gasteiger partial charge in [0, 0.05) is 25.4 Å². The van der Waals surface area contributed by atoms with Crippen LogP contribution in [0.5, 0.6) is 0 Å². The van der Waals surface area contributed by atoms with Gasteiger partial charge in [-0.3, -0.25) is 9.59 Å². The Morgan fingerprint density at radius 3 is 2.76 bits per heavy atom. The molecule has 0 radical (unpaired) electrons. The molecule has 2 N–H and O–H groups in total. The van der Waals surface area contributed by atoms with Crippen molar-refractivity contribution in [2.24, 2.45) is 11.8 Å². The number of carbonyl (C=O) groups is 3. The zero-order valence-corrected chi connectivity index (χ0v) is 21.5. The molecule has 5 unspecified atom stereocenters. The Balaban J connectivity index is 1.82. The predicted octanol–water partition coefficient (Wildman–Crippen LogP) is 2.91. The zero-order valence-electron chi connectivity index (χ0n) is 21.5. The smallest absolute Gasteiger partial charge is 0.329 e. The fourth-order valence-electron chi connectivity index (χ4n) is 4.49. The molecule has 37 heavy (non-hydrogen) atoms. The molecule has 2 aliphatic rings. The molecule has 9 nitrogen and oxygen atoms in total. The summed E-state index contributed by atoms with van der Waals surface area (Å²) in [5.41, 5.74) is -0.00593. The van der Waals surface area contributed by atoms with Crippen LogP contribution in [0.15, 0.2) is 47.1 Å². The van der Waals surface area contributed by atoms with E-state index in [9.17, 15) is 23.9 Å². The molecule has 5 atom stereocenters. The molecule has 1 fully saturated rings. The summed E-state index contributed by atoms with van der Waals surface area (Å²) in [5, 5.41) is 12.8. The molecule has 0 saturated carbocycles. The standard InChI is InChI=1S/C27H36FN3O6/c1-17(2)25-18(3)10-11-23(33)29-12-6-4-5-8-20(32)14-19(28)15-24-30-21(16-36-24)26(34)31-13-7-9-22(31)27(35)37-25/h4-6,8,10-11,16-20,22,25,32H,7,9,12-15H2,1-3H3,(H,29,33)/b6-4+,8-5+,11-10+. The zero-order chi connectivity index (χ0) is 26.9. The highest BCUT2D eigenvalue weighted by Crippen LogP contribution is 2.25. The van der Waals surface area contributed by atoms with Gasteiger partial charge in [-0.15, -0.1) is 0 Å². The van der Waals surface area contributed by atoms with Crippen LogP contribution in [-0.2, 0) is 20.7 Å². The number of cyclic esters (lactones) is 1. The largest absolute Gasteiger partial charge is 0.460 e. The van der Waals surface area contributed by atoms with Crippen molar-refractivity contribution in [1.29, 1.82) is 0 Å². The Bertz CT molecular complexity index is 1030. The summed E-state index contributed by atoms with van der Waals surface area (Å²) in [4.78, 5) is 44.0. The summed E-state index contributed by atoms with van der Waals surface area (Å²) in [5.74, 6) is -1.51. The van der Waals surface area contributed by atoms with Crippen molar-refractivity contribution in [2.75, 3.05) is 13.1 Å². The molecule has 10 heteroatoms. The number of allylic oxidation sites excluding steroid dienone is 2. The van der Waals surface area contributed by atoms with Gasteiger partial charge in [-0.2, -0.15) is 0 Å². The van der Waals surface area contributed by atoms with Crippen molar-refractivity contribution in [1.82, 2.24) is 15.2 Å². The number of halogens is 1. The van der Waals surface area contributed by atoms with Crippen molar-refractivity contribution in [3.8, 4) is 0 Å². The maximum absolute atomic E-state index is 14.5. The van der Waals surface area contributed by atoms with Gasteiger partial charge in [-0.25, -0.2) is 14.2 Å². The first-order valence-electron chi connectivity index (χ1n) is 12.7. The van der Waals surface area contributed by atoms with Crippen LogP contribution in [0.25, 0.3) is 0 Å². The first kappa shape index (κ1) is 28.3. The number of aromatic nitrogens is 1. The highest BCUT2D eigenvalue weighted by molar-refractivity contribution is 5.95. The molecule has 1 saturated heterocycles. The van der Waals surface area contributed by atoms with E-state index in [0.29, 0.717) is 19.4 Å². The third kappa shape index (κ3) is 8.11. The quantitative estimate of drug-likeness (QED) is 0.549. The Kier molecular flexibility index (Phi) is 10.2. The third-order valence-electron chi connectivity index (χ3n) is 6.40. The number of hydrogen-bond acceptors (Lipinski definition) is 7. The van der Waals surface area contributed by atoms with Crippen LogP contribution in [-0.4, -0.2) is 70.3 Å². The van der Waals surface area contributed by atoms with Crippen LogP contribution in [0.3, 0.4) is 0 Å². The molecule has 202 valence electrons. The van der Waals surface area contributed by atoms with Crippen LogP contribution in [0, 0.1) is 11.8 Å². The average Bonchev–Trinajstić information content (AvgIpc) is 3.52. The fraction of sp³-hybridized carbons (Fsp3) is 0.556. The predicted molar refractivity (Wildman–Crippen MR) is 134 cm³/mol. The first-order chi connectivity index (χ1) is 17.7. The van der Waals surface area contributed by atoms with E-state index < -0.39 is 36.3 Å². The van der Waals surface area contributed by atoms with Gasteiger partial charge < -0.3 is 24.5 Å². The monoisotopic (exact) mass is 517 g/mol. The number of ether oxygens (including phenoxy) is 1. The van der Waals surface area contributed by atoms with Crippen LogP contribution in [0.2, 0.25) is 0 Å². The molecule has 3 rings (SSSR count). The van der Waals surface area contributed by atoms with Gasteiger partial charge in [0.15, 0.2) is 11.6 Å². The van der Waals surface area contributed by atoms with Gasteiger partial charge in [-0.05, 0) is 24.8 Å². The fourth-order valence-corrected chi connectivity index (χ4v) is 4.49. The number of rotatable bonds is 1. The Labute approximate surface area is 216 Å². The van der Waals surface area contributed by atoms with Gasteiger partial charge in [0.05, 0.1) is 12.5 Å². The second-order valence-corrected chi connectivity index (χ2v) is 9.81. The molecule has 0 spiro atoms. The van der Waals surface area contributed by atoms with Crippen LogP contribution >= 0.6 is 0 Å². The summed E-state index contributed by atoms with van der Waals surface area (Å²) in [6.45, 7) is 6.35. The van der Waals surface area contributed by atoms with Gasteiger partial charge in [0.1, 0.15) is 24.6 Å². The lowest BCUT2D eigenvalue weighted by molar-refractivity contribution is -0.158. The van der Waals surface area contributed by atoms with E-state index >= 15 is 0 Å². The normalized spacial score (nSPS) is 31.4. The van der Waals surface area contributed by atoms with Crippen molar-refractivity contribution in [3.05, 3.63) is 54.3 Å². The maximum atomic E-state index is 14.5. The number of nitrogens with one attached hydrogen (secondary N) is 1. The van der Waals surface area contributed by atoms with Crippen molar-refractivity contribution >= 4 is 17.8 Å². The lowest BCUT2D eigenvalue weighted by Gasteiger charge is -2.29. The third-order valence-corrected chi connectivity index (χ3v) is 6.40. The lowest BCUT2D eigenvalue weighted by Crippen LogP contribution is -2.44. The van der Waals surface area contributed by atoms with E-state index in [1.165, 1.54) is 23.3 Å². The lowest BCUT2D eigenvalue weighted by atomic mass is 9.94. The topological polar surface area (TPSA) is 122 Å². The SMILES string of the molecule is CC(C)C1OC(=O)C2CCCN2C(=O)c2coc(n2)CC(F)CC(O)/C=C/C=C/CNC(=O)/C=C/C1C. The van der Waals surface area contributed by atoms with E-state index in [2.05, 4.69) is 10.3 Å². The Hall–Kier alpha value is -3.27. The summed E-state index contributed by atoms with van der Waals surface area (Å²) in [6.07, 6.45) is 8.38. The number of esters is 1. The van der Waals surface area contributed by atoms with Crippen molar-refractivity contribution in [2.45, 2.75) is 70.9 Å². The van der Waals surface area contributed by atoms with E-state index in [1.54, 1.807) is 24.3 Å². The Morgan fingerprint density at radius 2 is 2.00 bits per heavy atom. The summed E-state index contributed by atoms with van der Waals surface area (Å²) < 4.78 is 25.6. The van der Waals surface area contributed by atoms with Crippen molar-refractivity contribution in [3.63, 3.8) is 0 Å². The number of hydrogen-bond donors (Lipinski definition) is 2. The van der Waals surface area contributed by atoms with E-state index in [1.807, 2.05) is 20.8 Å². The highest BCUT2D eigenvalue weighted by Gasteiger charge is 2.38. The average molecular weight is 518 g/mol. The van der Waals surface area contributed by atoms with E-state index in [4.69, 9.17) is 9.15 Å². The summed E-state index contributed by atoms with van der Waals surface area (Å²) >= 11 is 0. The van der Waals surface area contributed by atoms with E-state index in [0.717, 1.165) is 0 Å². The van der Waals surface area contributed by atoms with Crippen molar-refractivity contribution < 1.29 is 33.0 Å². The number of oxazole rings is 1. The van der Waals surface area contributed by atoms with Gasteiger partial charge >= 0.3 is 5.97 Å². The second-order valence-electron chi connectivity index (χ2n) is 9.81. The number of aliphatic hydroxyl groups is 1. The minimum absolute atomic E-state index is 0.00593. The van der Waals surface area contributed by atoms with Crippen LogP contribution in [0.1, 0.15) is 56.4 Å². The molecule has 3 heterocycles. The highest BCUT2D eigenvalue weighted by atomic mass is 19.1. The Morgan fingerprint density at radius 1 is 1.22 bits per heavy atom. The molecule has 0 aliphatic carbocycles. The van der Waals surface area contributed by atoms with Gasteiger partial charge in [0.25, 0.3) is 5.91 Å². The second kappa shape index (κ2) is 13.3. The summed E-state index contributed by atoms with van der Waals surface area (Å²) in [7, 11) is 0. The van der Waals surface area contributed by atoms with Crippen LogP contribution in [0.4, 0.5) is 4.39 Å². The van der Waals surface area contributed by atoms with Crippen LogP contribution < -0.4 is 5.32 Å². The number of aliphatic hydroxyl groups excluding tert-OH is 1. The number of alkyl halides is 1. The molecule has 2 amide bonds. The molecule has 2 bridgehead atoms. The molecule has 1 aromatic rings. The molecular formula is C27H36FN3O6. The number of carbonyl (C=O) groups excluding carboxylic acids is 3. The van der Waals surface area contributed by atoms with Gasteiger partial charge in [0.2, 0.25) is 5.91 Å². The van der Waals surface area contributed by atoms with Gasteiger partial charge in [-0.1, -0.05) is 51.2 Å². The summed E-state index contributed by atoms with van der Waals surface area (Å²) in [6, 6.07) is -0.766. The minimum atomic E-state index is -1.44. The van der Waals surface area contributed by atoms with E-state index in [-0.39, 0.29) is 48.7 Å². The molecular weight excluding hydrogens is 481 g/mol. The molecule has 1 aromatic heterocycles. The minimum Gasteiger partial charge on any atom is -0.460 e.